The van der Waals surface area contributed by atoms with Gasteiger partial charge in [0.1, 0.15) is 5.60 Å². The van der Waals surface area contributed by atoms with Crippen molar-refractivity contribution in [1.82, 2.24) is 5.32 Å². The van der Waals surface area contributed by atoms with Crippen LogP contribution in [0.4, 0.5) is 0 Å². The van der Waals surface area contributed by atoms with E-state index in [0.717, 1.165) is 18.9 Å². The third kappa shape index (κ3) is 2.42. The summed E-state index contributed by atoms with van der Waals surface area (Å²) in [7, 11) is 0. The smallest absolute Gasteiger partial charge is 0.102 e. The van der Waals surface area contributed by atoms with Gasteiger partial charge in [0.25, 0.3) is 0 Å². The van der Waals surface area contributed by atoms with Gasteiger partial charge in [-0.1, -0.05) is 6.42 Å². The Morgan fingerprint density at radius 2 is 2.31 bits per heavy atom. The lowest BCUT2D eigenvalue weighted by Gasteiger charge is -2.28. The Kier molecular flexibility index (Phi) is 2.86. The number of rotatable bonds is 4. The van der Waals surface area contributed by atoms with Gasteiger partial charge >= 0.3 is 0 Å². The monoisotopic (exact) mass is 185 g/mol. The van der Waals surface area contributed by atoms with Crippen molar-refractivity contribution < 1.29 is 9.84 Å². The van der Waals surface area contributed by atoms with E-state index < -0.39 is 5.60 Å². The van der Waals surface area contributed by atoms with Gasteiger partial charge in [0.05, 0.1) is 6.61 Å². The molecule has 2 rings (SSSR count). The normalized spacial score (nSPS) is 34.8. The fourth-order valence-electron chi connectivity index (χ4n) is 1.94. The highest BCUT2D eigenvalue weighted by atomic mass is 16.5. The van der Waals surface area contributed by atoms with E-state index in [1.807, 2.05) is 0 Å². The highest BCUT2D eigenvalue weighted by Gasteiger charge is 2.32. The molecule has 0 amide bonds. The number of ether oxygens (including phenoxy) is 1. The van der Waals surface area contributed by atoms with E-state index in [4.69, 9.17) is 4.74 Å². The molecule has 1 aliphatic carbocycles. The van der Waals surface area contributed by atoms with Crippen LogP contribution >= 0.6 is 0 Å². The summed E-state index contributed by atoms with van der Waals surface area (Å²) in [6.07, 6.45) is 4.90. The Balaban J connectivity index is 1.60. The second-order valence-electron chi connectivity index (χ2n) is 4.45. The summed E-state index contributed by atoms with van der Waals surface area (Å²) in [6, 6.07) is 0. The van der Waals surface area contributed by atoms with Gasteiger partial charge in [-0.3, -0.25) is 0 Å². The number of aliphatic hydroxyl groups is 1. The molecule has 1 aliphatic heterocycles. The molecule has 1 heterocycles. The highest BCUT2D eigenvalue weighted by Crippen LogP contribution is 2.25. The van der Waals surface area contributed by atoms with Crippen molar-refractivity contribution >= 4 is 0 Å². The molecular weight excluding hydrogens is 166 g/mol. The minimum atomic E-state index is -0.580. The molecule has 1 unspecified atom stereocenters. The fraction of sp³-hybridized carbons (Fsp3) is 1.00. The maximum atomic E-state index is 9.91. The van der Waals surface area contributed by atoms with Gasteiger partial charge in [0, 0.05) is 19.6 Å². The molecule has 1 atom stereocenters. The highest BCUT2D eigenvalue weighted by molar-refractivity contribution is 4.85. The summed E-state index contributed by atoms with van der Waals surface area (Å²) >= 11 is 0. The lowest BCUT2D eigenvalue weighted by Crippen LogP contribution is -2.43. The summed E-state index contributed by atoms with van der Waals surface area (Å²) in [5.74, 6) is 0.867. The van der Waals surface area contributed by atoms with Crippen LogP contribution in [-0.4, -0.2) is 37.0 Å². The van der Waals surface area contributed by atoms with Crippen LogP contribution in [0.25, 0.3) is 0 Å². The van der Waals surface area contributed by atoms with Gasteiger partial charge in [0.2, 0.25) is 0 Å². The molecule has 0 aromatic carbocycles. The topological polar surface area (TPSA) is 41.5 Å². The minimum Gasteiger partial charge on any atom is -0.386 e. The van der Waals surface area contributed by atoms with Crippen LogP contribution in [0.15, 0.2) is 0 Å². The summed E-state index contributed by atoms with van der Waals surface area (Å²) in [6.45, 7) is 2.98. The van der Waals surface area contributed by atoms with Crippen molar-refractivity contribution in [2.75, 3.05) is 26.3 Å². The molecule has 13 heavy (non-hydrogen) atoms. The Morgan fingerprint density at radius 3 is 2.85 bits per heavy atom. The first-order chi connectivity index (χ1) is 6.29. The first-order valence-electron chi connectivity index (χ1n) is 5.29. The van der Waals surface area contributed by atoms with Gasteiger partial charge in [-0.05, 0) is 25.3 Å². The summed E-state index contributed by atoms with van der Waals surface area (Å²) in [5.41, 5.74) is -0.580. The molecule has 2 N–H and O–H groups in total. The third-order valence-electron chi connectivity index (χ3n) is 3.19. The van der Waals surface area contributed by atoms with Crippen LogP contribution in [0.3, 0.4) is 0 Å². The zero-order valence-electron chi connectivity index (χ0n) is 8.09. The van der Waals surface area contributed by atoms with Crippen molar-refractivity contribution in [3.8, 4) is 0 Å². The first kappa shape index (κ1) is 9.44. The summed E-state index contributed by atoms with van der Waals surface area (Å²) < 4.78 is 5.17. The first-order valence-corrected chi connectivity index (χ1v) is 5.29. The van der Waals surface area contributed by atoms with Crippen molar-refractivity contribution in [1.29, 1.82) is 0 Å². The largest absolute Gasteiger partial charge is 0.386 e. The van der Waals surface area contributed by atoms with Gasteiger partial charge in [0.15, 0.2) is 0 Å². The van der Waals surface area contributed by atoms with Crippen LogP contribution in [-0.2, 0) is 4.74 Å². The van der Waals surface area contributed by atoms with Crippen LogP contribution in [0.5, 0.6) is 0 Å². The number of hydrogen-bond acceptors (Lipinski definition) is 3. The van der Waals surface area contributed by atoms with Crippen molar-refractivity contribution in [3.63, 3.8) is 0 Å². The molecule has 76 valence electrons. The van der Waals surface area contributed by atoms with Gasteiger partial charge in [-0.15, -0.1) is 0 Å². The molecule has 3 nitrogen and oxygen atoms in total. The average molecular weight is 185 g/mol. The average Bonchev–Trinajstić information content (AvgIpc) is 2.43. The van der Waals surface area contributed by atoms with E-state index in [9.17, 15) is 5.11 Å². The molecular formula is C10H19NO2. The summed E-state index contributed by atoms with van der Waals surface area (Å²) in [5, 5.41) is 13.2. The third-order valence-corrected chi connectivity index (χ3v) is 3.19. The van der Waals surface area contributed by atoms with E-state index in [-0.39, 0.29) is 0 Å². The van der Waals surface area contributed by atoms with Gasteiger partial charge in [-0.2, -0.15) is 0 Å². The SMILES string of the molecule is OC1(CNCC2CCC2)CCOC1. The lowest BCUT2D eigenvalue weighted by atomic mass is 9.85. The molecule has 0 bridgehead atoms. The van der Waals surface area contributed by atoms with E-state index in [1.54, 1.807) is 0 Å². The Hall–Kier alpha value is -0.120. The van der Waals surface area contributed by atoms with E-state index in [1.165, 1.54) is 19.3 Å². The Morgan fingerprint density at radius 1 is 1.46 bits per heavy atom. The maximum Gasteiger partial charge on any atom is 0.102 e. The minimum absolute atomic E-state index is 0.505. The zero-order chi connectivity index (χ0) is 9.15. The zero-order valence-corrected chi connectivity index (χ0v) is 8.09. The van der Waals surface area contributed by atoms with Crippen molar-refractivity contribution in [2.45, 2.75) is 31.3 Å². The van der Waals surface area contributed by atoms with E-state index in [2.05, 4.69) is 5.32 Å². The second kappa shape index (κ2) is 3.95. The Bertz CT molecular complexity index is 162. The molecule has 0 radical (unpaired) electrons. The molecule has 3 heteroatoms. The van der Waals surface area contributed by atoms with Gasteiger partial charge in [-0.25, -0.2) is 0 Å². The molecule has 0 aromatic rings. The van der Waals surface area contributed by atoms with Crippen molar-refractivity contribution in [2.24, 2.45) is 5.92 Å². The maximum absolute atomic E-state index is 9.91. The van der Waals surface area contributed by atoms with E-state index in [0.29, 0.717) is 19.8 Å². The lowest BCUT2D eigenvalue weighted by molar-refractivity contribution is 0.0257. The fourth-order valence-corrected chi connectivity index (χ4v) is 1.94. The predicted molar refractivity (Wildman–Crippen MR) is 50.6 cm³/mol. The summed E-state index contributed by atoms with van der Waals surface area (Å²) in [4.78, 5) is 0. The van der Waals surface area contributed by atoms with Crippen LogP contribution in [0.1, 0.15) is 25.7 Å². The van der Waals surface area contributed by atoms with Crippen LogP contribution < -0.4 is 5.32 Å². The number of nitrogens with one attached hydrogen (secondary N) is 1. The molecule has 2 fully saturated rings. The molecule has 2 aliphatic rings. The number of hydrogen-bond donors (Lipinski definition) is 2. The van der Waals surface area contributed by atoms with Gasteiger partial charge < -0.3 is 15.2 Å². The predicted octanol–water partition coefficient (Wildman–Crippen LogP) is 0.527. The van der Waals surface area contributed by atoms with Crippen LogP contribution in [0.2, 0.25) is 0 Å². The van der Waals surface area contributed by atoms with Crippen molar-refractivity contribution in [3.05, 3.63) is 0 Å². The second-order valence-corrected chi connectivity index (χ2v) is 4.45. The quantitative estimate of drug-likeness (QED) is 0.671. The molecule has 0 aromatic heterocycles. The van der Waals surface area contributed by atoms with Crippen LogP contribution in [0, 0.1) is 5.92 Å². The molecule has 0 spiro atoms. The standard InChI is InChI=1S/C10H19NO2/c12-10(4-5-13-8-10)7-11-6-9-2-1-3-9/h9,11-12H,1-8H2. The Labute approximate surface area is 79.5 Å². The van der Waals surface area contributed by atoms with E-state index >= 15 is 0 Å². The molecule has 1 saturated carbocycles. The molecule has 1 saturated heterocycles.